The van der Waals surface area contributed by atoms with Crippen LogP contribution in [0.15, 0.2) is 84.9 Å². The summed E-state index contributed by atoms with van der Waals surface area (Å²) in [6, 6.07) is 23.1. The Kier molecular flexibility index (Phi) is 11.8. The second kappa shape index (κ2) is 20.5. The molecule has 7 N–H and O–H groups in total. The van der Waals surface area contributed by atoms with Crippen molar-refractivity contribution in [1.29, 1.82) is 0 Å². The maximum Gasteiger partial charge on any atom is 0.229 e. The number of amides is 1. The van der Waals surface area contributed by atoms with Crippen LogP contribution in [0.2, 0.25) is 0 Å². The SMILES string of the molecule is CO[C@@H]1[C@@H](O)[C@@H](O)[C@H](Oc2ccc(CCN)c(-c3cccc(F)c3)c2)OC1(C)C.CO[C@@H]1[C@@H](O)[C@@H](O)[C@H](Oc2ccc(CCNC(C)=O)c(-c3cccc(F)c3)c2)OC1(C)C.[3HH].[3HH].[3H][3H].[3H][3H].[3H][3H].[3H][3H].[3H][3H].[3H][3H].[3H][3H].[3H][3H].[3H][3H].[3H][3H]. The van der Waals surface area contributed by atoms with Crippen LogP contribution in [0.4, 0.5) is 8.78 Å². The van der Waals surface area contributed by atoms with E-state index in [1.54, 1.807) is 70.2 Å². The lowest BCUT2D eigenvalue weighted by Crippen LogP contribution is -2.63. The molecule has 1 amide bonds. The number of nitrogens with two attached hydrogens (primary N) is 1. The molecule has 0 spiro atoms. The lowest BCUT2D eigenvalue weighted by atomic mass is 9.89. The van der Waals surface area contributed by atoms with Crippen LogP contribution in [0, 0.1) is 11.6 Å². The van der Waals surface area contributed by atoms with Crippen LogP contribution in [0.5, 0.6) is 11.5 Å². The third-order valence-electron chi connectivity index (χ3n) is 10.7. The number of rotatable bonds is 13. The molecule has 0 unspecified atom stereocenters. The van der Waals surface area contributed by atoms with Gasteiger partial charge in [-0.25, -0.2) is 8.78 Å². The fourth-order valence-electron chi connectivity index (χ4n) is 7.75. The first-order valence-corrected chi connectivity index (χ1v) is 20.1. The van der Waals surface area contributed by atoms with Gasteiger partial charge in [-0.15, -0.1) is 0 Å². The minimum Gasteiger partial charge on any atom is -0.462 e. The van der Waals surface area contributed by atoms with Crippen LogP contribution in [0.1, 0.15) is 78.3 Å². The molecule has 0 saturated carbocycles. The van der Waals surface area contributed by atoms with Gasteiger partial charge in [0.2, 0.25) is 18.5 Å². The summed E-state index contributed by atoms with van der Waals surface area (Å²) in [5.41, 5.74) is 8.65. The number of aliphatic hydroxyl groups excluding tert-OH is 4. The zero-order valence-electron chi connectivity index (χ0n) is 55.5. The highest BCUT2D eigenvalue weighted by atomic mass is 19.1. The Balaban J connectivity index is -0.000000171. The van der Waals surface area contributed by atoms with E-state index in [-0.39, 0.29) is 20.4 Å². The third kappa shape index (κ3) is 11.7. The molecule has 6 rings (SSSR count). The van der Waals surface area contributed by atoms with Gasteiger partial charge in [0, 0.05) is 60.2 Å². The Bertz CT molecular complexity index is 2150. The van der Waals surface area contributed by atoms with E-state index in [2.05, 4.69) is 5.32 Å². The fourth-order valence-corrected chi connectivity index (χ4v) is 7.75. The largest absolute Gasteiger partial charge is 0.462 e. The monoisotopic (exact) mass is 921 g/mol. The van der Waals surface area contributed by atoms with Gasteiger partial charge in [-0.1, -0.05) is 36.4 Å². The number of benzene rings is 4. The molecule has 0 bridgehead atoms. The maximum atomic E-state index is 13.9. The Morgan fingerprint density at radius 3 is 1.51 bits per heavy atom. The molecular formula is C46H82F2N2O11. The topological polar surface area (TPSA) is 191 Å². The summed E-state index contributed by atoms with van der Waals surface area (Å²) < 4.78 is 162. The molecule has 2 saturated heterocycles. The second-order valence-electron chi connectivity index (χ2n) is 16.1. The number of aliphatic hydroxyl groups is 4. The molecule has 8 atom stereocenters. The average Bonchev–Trinajstić information content (AvgIpc) is 3.49. The van der Waals surface area contributed by atoms with Crippen molar-refractivity contribution in [3.05, 3.63) is 108 Å². The molecule has 356 valence electrons. The molecule has 2 aliphatic rings. The molecule has 2 aliphatic heterocycles. The van der Waals surface area contributed by atoms with E-state index in [0.29, 0.717) is 48.6 Å². The molecule has 15 heteroatoms. The van der Waals surface area contributed by atoms with Gasteiger partial charge in [0.05, 0.1) is 11.2 Å². The van der Waals surface area contributed by atoms with E-state index in [9.17, 15) is 34.0 Å². The van der Waals surface area contributed by atoms with Crippen LogP contribution >= 0.6 is 0 Å². The zero-order valence-corrected chi connectivity index (χ0v) is 35.5. The molecule has 4 aromatic rings. The Hall–Kier alpha value is -4.55. The van der Waals surface area contributed by atoms with Crippen molar-refractivity contribution in [2.45, 2.75) is 108 Å². The molecule has 13 nitrogen and oxygen atoms in total. The van der Waals surface area contributed by atoms with Crippen LogP contribution in [0.25, 0.3) is 22.3 Å². The summed E-state index contributed by atoms with van der Waals surface area (Å²) in [5, 5.41) is 44.6. The van der Waals surface area contributed by atoms with Crippen molar-refractivity contribution in [2.24, 2.45) is 5.73 Å². The molecule has 61 heavy (non-hydrogen) atoms. The fraction of sp³-hybridized carbons (Fsp3) is 0.457. The first-order valence-electron chi connectivity index (χ1n) is 30.1. The quantitative estimate of drug-likeness (QED) is 0.0771. The van der Waals surface area contributed by atoms with Gasteiger partial charge in [-0.05, 0) is 129 Å². The molecular weight excluding hydrogens is 795 g/mol. The minimum atomic E-state index is -1.33. The molecule has 0 aliphatic carbocycles. The summed E-state index contributed by atoms with van der Waals surface area (Å²) >= 11 is 0. The number of carbonyl (C=O) groups excluding carboxylic acids is 1. The zero-order chi connectivity index (χ0) is 64.6. The first-order chi connectivity index (χ1) is 38.9. The third-order valence-corrected chi connectivity index (χ3v) is 10.7. The Morgan fingerprint density at radius 2 is 1.13 bits per heavy atom. The van der Waals surface area contributed by atoms with Gasteiger partial charge in [0.15, 0.2) is 0 Å². The predicted molar refractivity (Wildman–Crippen MR) is 249 cm³/mol. The standard InChI is InChI=1S/C24H30FNO6.C22H28FNO5.12H2/c1-14(27)26-11-10-15-8-9-18(13-19(15)16-6-5-7-17(25)12-16)31-23-21(29)20(28)22(30-4)24(2,3)32-23;1-22(2)20(27-3)18(25)19(26)21(29-22)28-16-8-7-13(9-10-24)17(12-16)14-5-4-6-15(23)11-14;;;;;;;;;;;;/h5-9,12-13,20-23,28-29H,10-11H2,1-4H3,(H,26,27);4-8,11-12,18-21,25-26H,9-10,24H2,1-3H3;12*1H/t20-,21+,22+,23+;18-,19+,20+,21+;;;;;;;;;;;;/m00............/s1/i;;10*1+2T;2*1+2. The lowest BCUT2D eigenvalue weighted by molar-refractivity contribution is -0.306. The van der Waals surface area contributed by atoms with Crippen molar-refractivity contribution in [3.8, 4) is 33.8 Å². The Labute approximate surface area is 389 Å². The number of hydrogen-bond donors (Lipinski definition) is 6. The van der Waals surface area contributed by atoms with Crippen molar-refractivity contribution in [3.63, 3.8) is 0 Å². The van der Waals surface area contributed by atoms with E-state index >= 15 is 0 Å². The molecule has 2 heterocycles. The van der Waals surface area contributed by atoms with Crippen molar-refractivity contribution in [2.75, 3.05) is 27.3 Å². The van der Waals surface area contributed by atoms with Crippen LogP contribution < -0.4 is 20.5 Å². The predicted octanol–water partition coefficient (Wildman–Crippen LogP) is 7.62. The van der Waals surface area contributed by atoms with Gasteiger partial charge in [-0.2, -0.15) is 0 Å². The molecule has 0 radical (unpaired) electrons. The van der Waals surface area contributed by atoms with Crippen LogP contribution in [-0.4, -0.2) is 114 Å². The number of carbonyl (C=O) groups is 1. The van der Waals surface area contributed by atoms with Crippen molar-refractivity contribution >= 4 is 5.91 Å². The average molecular weight is 921 g/mol. The van der Waals surface area contributed by atoms with Gasteiger partial charge in [0.1, 0.15) is 59.8 Å². The van der Waals surface area contributed by atoms with Crippen LogP contribution in [0.3, 0.4) is 0 Å². The van der Waals surface area contributed by atoms with E-state index in [4.69, 9.17) is 63.9 Å². The minimum absolute atomic E-state index is 0. The van der Waals surface area contributed by atoms with Gasteiger partial charge >= 0.3 is 0 Å². The normalized spacial score (nSPS) is 26.8. The smallest absolute Gasteiger partial charge is 0.229 e. The molecule has 4 aromatic carbocycles. The van der Waals surface area contributed by atoms with Crippen LogP contribution in [-0.2, 0) is 36.6 Å². The second-order valence-corrected chi connectivity index (χ2v) is 16.1. The highest BCUT2D eigenvalue weighted by molar-refractivity contribution is 5.73. The van der Waals surface area contributed by atoms with E-state index < -0.39 is 60.4 Å². The summed E-state index contributed by atoms with van der Waals surface area (Å²) in [6.45, 7) is 9.34. The lowest BCUT2D eigenvalue weighted by Gasteiger charge is -2.46. The number of halogens is 2. The number of methoxy groups -OCH3 is 2. The summed E-state index contributed by atoms with van der Waals surface area (Å²) in [7, 11) is 2.90. The number of ether oxygens (including phenoxy) is 6. The van der Waals surface area contributed by atoms with Gasteiger partial charge < -0.3 is 59.9 Å². The number of hydrogen-bond acceptors (Lipinski definition) is 12. The highest BCUT2D eigenvalue weighted by Gasteiger charge is 2.51. The van der Waals surface area contributed by atoms with Crippen molar-refractivity contribution in [1.82, 2.24) is 5.32 Å². The van der Waals surface area contributed by atoms with E-state index in [1.165, 1.54) is 45.4 Å². The summed E-state index contributed by atoms with van der Waals surface area (Å²) in [6.07, 6.45) is -7.49. The van der Waals surface area contributed by atoms with Gasteiger partial charge in [-0.3, -0.25) is 4.79 Å². The summed E-state index contributed by atoms with van der Waals surface area (Å²) in [4.78, 5) is 11.2. The maximum absolute atomic E-state index is 13.9. The number of nitrogens with one attached hydrogen (secondary N) is 1. The van der Waals surface area contributed by atoms with Crippen molar-refractivity contribution < 1.29 is 95.0 Å². The molecule has 0 aromatic heterocycles. The van der Waals surface area contributed by atoms with E-state index in [1.807, 2.05) is 18.2 Å². The molecule has 2 fully saturated rings. The highest BCUT2D eigenvalue weighted by Crippen LogP contribution is 2.37. The van der Waals surface area contributed by atoms with Gasteiger partial charge in [0.25, 0.3) is 0 Å². The Morgan fingerprint density at radius 1 is 0.705 bits per heavy atom. The summed E-state index contributed by atoms with van der Waals surface area (Å²) in [5.74, 6) is -0.0307. The van der Waals surface area contributed by atoms with E-state index in [0.717, 1.165) is 22.3 Å². The first kappa shape index (κ1) is 35.0.